The van der Waals surface area contributed by atoms with Crippen molar-refractivity contribution in [3.8, 4) is 0 Å². The minimum Gasteiger partial charge on any atom is -0.280 e. The number of rotatable bonds is 5. The van der Waals surface area contributed by atoms with Crippen LogP contribution in [0.5, 0.6) is 0 Å². The largest absolute Gasteiger partial charge is 0.332 e. The molecule has 0 spiro atoms. The lowest BCUT2D eigenvalue weighted by Crippen LogP contribution is -2.37. The highest BCUT2D eigenvalue weighted by atomic mass is 32.2. The third-order valence-corrected chi connectivity index (χ3v) is 6.59. The molecule has 30 heavy (non-hydrogen) atoms. The Kier molecular flexibility index (Phi) is 5.52. The molecule has 0 N–H and O–H groups in total. The van der Waals surface area contributed by atoms with Crippen molar-refractivity contribution in [2.24, 2.45) is 20.0 Å². The van der Waals surface area contributed by atoms with Crippen LogP contribution in [0, 0.1) is 5.92 Å². The van der Waals surface area contributed by atoms with Gasteiger partial charge in [0, 0.05) is 30.9 Å². The first-order valence-electron chi connectivity index (χ1n) is 10.1. The molecular weight excluding hydrogens is 394 g/mol. The molecule has 0 radical (unpaired) electrons. The van der Waals surface area contributed by atoms with Crippen LogP contribution in [-0.2, 0) is 26.3 Å². The van der Waals surface area contributed by atoms with Crippen molar-refractivity contribution in [1.29, 1.82) is 0 Å². The molecule has 4 aromatic rings. The second kappa shape index (κ2) is 8.11. The number of aryl methyl sites for hydroxylation is 1. The molecule has 0 atom stereocenters. The number of aromatic nitrogens is 3. The van der Waals surface area contributed by atoms with Gasteiger partial charge in [-0.25, -0.2) is 9.78 Å². The van der Waals surface area contributed by atoms with Gasteiger partial charge in [0.05, 0.1) is 5.39 Å². The fourth-order valence-corrected chi connectivity index (χ4v) is 5.06. The Labute approximate surface area is 179 Å². The number of fused-ring (bicyclic) bond motifs is 2. The summed E-state index contributed by atoms with van der Waals surface area (Å²) in [4.78, 5) is 30.9. The van der Waals surface area contributed by atoms with Gasteiger partial charge in [0.15, 0.2) is 0 Å². The SMILES string of the molecule is CC(C)Cc1cnc2c(c1SCc1cccc3ccccc13)c(=O)n(C)c(=O)n2C. The summed E-state index contributed by atoms with van der Waals surface area (Å²) in [6.07, 6.45) is 2.65. The standard InChI is InChI=1S/C24H25N3O2S/c1-15(2)12-18-13-25-22-20(23(28)27(4)24(29)26(22)3)21(18)30-14-17-10-7-9-16-8-5-6-11-19(16)17/h5-11,13,15H,12,14H2,1-4H3. The second-order valence-corrected chi connectivity index (χ2v) is 9.03. The molecule has 0 amide bonds. The zero-order chi connectivity index (χ0) is 21.4. The molecule has 0 saturated carbocycles. The fraction of sp³-hybridized carbons (Fsp3) is 0.292. The third-order valence-electron chi connectivity index (χ3n) is 5.38. The van der Waals surface area contributed by atoms with E-state index in [1.54, 1.807) is 18.8 Å². The monoisotopic (exact) mass is 419 g/mol. The van der Waals surface area contributed by atoms with Crippen LogP contribution in [0.25, 0.3) is 21.8 Å². The highest BCUT2D eigenvalue weighted by Gasteiger charge is 2.18. The Bertz CT molecular complexity index is 1360. The van der Waals surface area contributed by atoms with Crippen molar-refractivity contribution in [2.75, 3.05) is 0 Å². The normalized spacial score (nSPS) is 11.6. The maximum Gasteiger partial charge on any atom is 0.332 e. The first-order chi connectivity index (χ1) is 14.4. The summed E-state index contributed by atoms with van der Waals surface area (Å²) in [7, 11) is 3.19. The van der Waals surface area contributed by atoms with Crippen molar-refractivity contribution in [3.63, 3.8) is 0 Å². The smallest absolute Gasteiger partial charge is 0.280 e. The van der Waals surface area contributed by atoms with Crippen LogP contribution in [0.3, 0.4) is 0 Å². The Morgan fingerprint density at radius 1 is 0.967 bits per heavy atom. The lowest BCUT2D eigenvalue weighted by atomic mass is 10.0. The zero-order valence-corrected chi connectivity index (χ0v) is 18.5. The predicted molar refractivity (Wildman–Crippen MR) is 124 cm³/mol. The van der Waals surface area contributed by atoms with E-state index in [1.807, 2.05) is 18.3 Å². The Morgan fingerprint density at radius 2 is 1.70 bits per heavy atom. The van der Waals surface area contributed by atoms with Crippen molar-refractivity contribution in [2.45, 2.75) is 30.9 Å². The molecule has 0 aliphatic heterocycles. The Hall–Kier alpha value is -2.86. The van der Waals surface area contributed by atoms with E-state index >= 15 is 0 Å². The van der Waals surface area contributed by atoms with Gasteiger partial charge in [-0.05, 0) is 34.2 Å². The lowest BCUT2D eigenvalue weighted by molar-refractivity contribution is 0.638. The van der Waals surface area contributed by atoms with Crippen LogP contribution in [0.2, 0.25) is 0 Å². The van der Waals surface area contributed by atoms with Crippen molar-refractivity contribution < 1.29 is 0 Å². The summed E-state index contributed by atoms with van der Waals surface area (Å²) in [5.74, 6) is 1.16. The Morgan fingerprint density at radius 3 is 2.47 bits per heavy atom. The highest BCUT2D eigenvalue weighted by Crippen LogP contribution is 2.33. The average Bonchev–Trinajstić information content (AvgIpc) is 2.74. The minimum absolute atomic E-state index is 0.286. The number of thioether (sulfide) groups is 1. The third kappa shape index (κ3) is 3.56. The van der Waals surface area contributed by atoms with E-state index in [9.17, 15) is 9.59 Å². The highest BCUT2D eigenvalue weighted by molar-refractivity contribution is 7.98. The molecule has 2 aromatic carbocycles. The van der Waals surface area contributed by atoms with Crippen molar-refractivity contribution in [1.82, 2.24) is 14.1 Å². The van der Waals surface area contributed by atoms with Gasteiger partial charge < -0.3 is 0 Å². The van der Waals surface area contributed by atoms with E-state index in [1.165, 1.54) is 32.5 Å². The minimum atomic E-state index is -0.360. The van der Waals surface area contributed by atoms with Crippen molar-refractivity contribution in [3.05, 3.63) is 80.6 Å². The summed E-state index contributed by atoms with van der Waals surface area (Å²) in [6.45, 7) is 4.31. The van der Waals surface area contributed by atoms with E-state index in [0.29, 0.717) is 17.0 Å². The molecule has 2 aromatic heterocycles. The molecule has 4 rings (SSSR count). The number of hydrogen-bond donors (Lipinski definition) is 0. The molecule has 0 aliphatic rings. The Balaban J connectivity index is 1.89. The van der Waals surface area contributed by atoms with E-state index in [2.05, 4.69) is 49.2 Å². The molecule has 2 heterocycles. The van der Waals surface area contributed by atoms with Crippen LogP contribution in [0.15, 0.2) is 63.1 Å². The van der Waals surface area contributed by atoms with Crippen LogP contribution < -0.4 is 11.2 Å². The quantitative estimate of drug-likeness (QED) is 0.453. The summed E-state index contributed by atoms with van der Waals surface area (Å²) < 4.78 is 2.63. The molecule has 154 valence electrons. The van der Waals surface area contributed by atoms with Gasteiger partial charge in [-0.3, -0.25) is 13.9 Å². The van der Waals surface area contributed by atoms with Gasteiger partial charge >= 0.3 is 5.69 Å². The van der Waals surface area contributed by atoms with Gasteiger partial charge in [-0.2, -0.15) is 0 Å². The summed E-state index contributed by atoms with van der Waals surface area (Å²) in [5.41, 5.74) is 2.07. The molecule has 0 unspecified atom stereocenters. The van der Waals surface area contributed by atoms with Crippen LogP contribution in [0.1, 0.15) is 25.0 Å². The average molecular weight is 420 g/mol. The number of benzene rings is 2. The van der Waals surface area contributed by atoms with Crippen LogP contribution in [-0.4, -0.2) is 14.1 Å². The molecule has 5 nitrogen and oxygen atoms in total. The topological polar surface area (TPSA) is 56.9 Å². The number of pyridine rings is 1. The van der Waals surface area contributed by atoms with Crippen LogP contribution >= 0.6 is 11.8 Å². The summed E-state index contributed by atoms with van der Waals surface area (Å²) in [6, 6.07) is 14.7. The van der Waals surface area contributed by atoms with Gasteiger partial charge in [-0.15, -0.1) is 11.8 Å². The van der Waals surface area contributed by atoms with E-state index in [-0.39, 0.29) is 11.2 Å². The van der Waals surface area contributed by atoms with Gasteiger partial charge in [0.1, 0.15) is 5.65 Å². The maximum absolute atomic E-state index is 13.1. The second-order valence-electron chi connectivity index (χ2n) is 8.04. The maximum atomic E-state index is 13.1. The fourth-order valence-electron chi connectivity index (χ4n) is 3.86. The lowest BCUT2D eigenvalue weighted by Gasteiger charge is -2.16. The number of nitrogens with zero attached hydrogens (tertiary/aromatic N) is 3. The summed E-state index contributed by atoms with van der Waals surface area (Å²) >= 11 is 1.66. The molecular formula is C24H25N3O2S. The molecule has 0 bridgehead atoms. The van der Waals surface area contributed by atoms with Crippen molar-refractivity contribution >= 4 is 33.6 Å². The van der Waals surface area contributed by atoms with Gasteiger partial charge in [0.2, 0.25) is 0 Å². The van der Waals surface area contributed by atoms with E-state index < -0.39 is 0 Å². The first kappa shape index (κ1) is 20.4. The molecule has 6 heteroatoms. The van der Waals surface area contributed by atoms with Gasteiger partial charge in [0.25, 0.3) is 5.56 Å². The zero-order valence-electron chi connectivity index (χ0n) is 17.7. The van der Waals surface area contributed by atoms with E-state index in [0.717, 1.165) is 22.6 Å². The summed E-state index contributed by atoms with van der Waals surface area (Å²) in [5, 5.41) is 2.95. The number of hydrogen-bond acceptors (Lipinski definition) is 4. The predicted octanol–water partition coefficient (Wildman–Crippen LogP) is 4.28. The van der Waals surface area contributed by atoms with Crippen LogP contribution in [0.4, 0.5) is 0 Å². The van der Waals surface area contributed by atoms with Gasteiger partial charge in [-0.1, -0.05) is 56.3 Å². The van der Waals surface area contributed by atoms with E-state index in [4.69, 9.17) is 0 Å². The molecule has 0 saturated heterocycles. The molecule has 0 fully saturated rings. The first-order valence-corrected chi connectivity index (χ1v) is 11.0. The molecule has 0 aliphatic carbocycles.